The van der Waals surface area contributed by atoms with E-state index in [4.69, 9.17) is 4.98 Å². The van der Waals surface area contributed by atoms with E-state index in [9.17, 15) is 4.79 Å². The van der Waals surface area contributed by atoms with Gasteiger partial charge in [-0.15, -0.1) is 0 Å². The fourth-order valence-corrected chi connectivity index (χ4v) is 3.84. The van der Waals surface area contributed by atoms with Crippen molar-refractivity contribution in [1.82, 2.24) is 20.2 Å². The normalized spacial score (nSPS) is 19.8. The summed E-state index contributed by atoms with van der Waals surface area (Å²) in [6.07, 6.45) is 7.71. The molecule has 136 valence electrons. The second kappa shape index (κ2) is 7.96. The quantitative estimate of drug-likeness (QED) is 0.921. The van der Waals surface area contributed by atoms with Gasteiger partial charge in [-0.1, -0.05) is 36.8 Å². The second-order valence-corrected chi connectivity index (χ2v) is 7.25. The third kappa shape index (κ3) is 3.93. The Bertz CT molecular complexity index is 756. The van der Waals surface area contributed by atoms with Crippen LogP contribution in [0.25, 0.3) is 0 Å². The minimum atomic E-state index is 0.220. The number of amides is 1. The van der Waals surface area contributed by atoms with Crippen LogP contribution in [-0.4, -0.2) is 33.9 Å². The monoisotopic (exact) mass is 350 g/mol. The standard InChI is InChI=1S/C21H26N4O/c26-20(10-9-16-6-2-1-3-7-16)25-13-11-18-17(15-25)14-23-21(24-18)19-8-4-5-12-22-19/h1-3,6-7,14,19,22H,4-5,8-13,15H2. The molecule has 26 heavy (non-hydrogen) atoms. The Balaban J connectivity index is 1.37. The van der Waals surface area contributed by atoms with Gasteiger partial charge in [0.1, 0.15) is 5.82 Å². The van der Waals surface area contributed by atoms with Crippen molar-refractivity contribution in [3.63, 3.8) is 0 Å². The first kappa shape index (κ1) is 17.2. The number of hydrogen-bond acceptors (Lipinski definition) is 4. The van der Waals surface area contributed by atoms with Gasteiger partial charge in [0, 0.05) is 37.7 Å². The van der Waals surface area contributed by atoms with Gasteiger partial charge < -0.3 is 10.2 Å². The van der Waals surface area contributed by atoms with Crippen molar-refractivity contribution in [2.75, 3.05) is 13.1 Å². The predicted molar refractivity (Wildman–Crippen MR) is 101 cm³/mol. The van der Waals surface area contributed by atoms with Crippen LogP contribution in [-0.2, 0) is 24.2 Å². The van der Waals surface area contributed by atoms with Crippen molar-refractivity contribution in [3.8, 4) is 0 Å². The molecule has 1 unspecified atom stereocenters. The van der Waals surface area contributed by atoms with Crippen molar-refractivity contribution >= 4 is 5.91 Å². The molecule has 5 heteroatoms. The van der Waals surface area contributed by atoms with Crippen LogP contribution in [0.3, 0.4) is 0 Å². The Kier molecular flexibility index (Phi) is 5.25. The van der Waals surface area contributed by atoms with Crippen molar-refractivity contribution in [2.45, 2.75) is 51.1 Å². The first-order valence-electron chi connectivity index (χ1n) is 9.69. The molecule has 2 aliphatic heterocycles. The number of rotatable bonds is 4. The molecule has 0 saturated carbocycles. The number of hydrogen-bond donors (Lipinski definition) is 1. The molecule has 0 radical (unpaired) electrons. The minimum Gasteiger partial charge on any atom is -0.338 e. The lowest BCUT2D eigenvalue weighted by atomic mass is 10.0. The van der Waals surface area contributed by atoms with Gasteiger partial charge in [-0.3, -0.25) is 4.79 Å². The number of benzene rings is 1. The molecule has 0 spiro atoms. The number of fused-ring (bicyclic) bond motifs is 1. The molecule has 1 aromatic heterocycles. The second-order valence-electron chi connectivity index (χ2n) is 7.25. The number of nitrogens with one attached hydrogen (secondary N) is 1. The minimum absolute atomic E-state index is 0.220. The van der Waals surface area contributed by atoms with E-state index in [1.54, 1.807) is 0 Å². The number of carbonyl (C=O) groups is 1. The zero-order chi connectivity index (χ0) is 17.8. The van der Waals surface area contributed by atoms with Crippen molar-refractivity contribution < 1.29 is 4.79 Å². The van der Waals surface area contributed by atoms with Crippen LogP contribution in [0.1, 0.15) is 54.4 Å². The van der Waals surface area contributed by atoms with Crippen molar-refractivity contribution in [2.24, 2.45) is 0 Å². The summed E-state index contributed by atoms with van der Waals surface area (Å²) in [6.45, 7) is 2.45. The van der Waals surface area contributed by atoms with E-state index in [-0.39, 0.29) is 5.91 Å². The van der Waals surface area contributed by atoms with Gasteiger partial charge in [0.05, 0.1) is 11.7 Å². The molecule has 1 saturated heterocycles. The topological polar surface area (TPSA) is 58.1 Å². The number of piperidine rings is 1. The molecule has 3 heterocycles. The van der Waals surface area contributed by atoms with Crippen LogP contribution in [0.4, 0.5) is 0 Å². The van der Waals surface area contributed by atoms with Crippen molar-refractivity contribution in [1.29, 1.82) is 0 Å². The number of aromatic nitrogens is 2. The zero-order valence-corrected chi connectivity index (χ0v) is 15.2. The summed E-state index contributed by atoms with van der Waals surface area (Å²) in [5, 5.41) is 3.51. The van der Waals surface area contributed by atoms with Crippen LogP contribution in [0, 0.1) is 0 Å². The van der Waals surface area contributed by atoms with Gasteiger partial charge in [-0.2, -0.15) is 0 Å². The van der Waals surface area contributed by atoms with Gasteiger partial charge in [0.2, 0.25) is 5.91 Å². The molecule has 5 nitrogen and oxygen atoms in total. The highest BCUT2D eigenvalue weighted by Crippen LogP contribution is 2.23. The van der Waals surface area contributed by atoms with Crippen LogP contribution in [0.15, 0.2) is 36.5 Å². The Morgan fingerprint density at radius 1 is 1.23 bits per heavy atom. The Labute approximate surface area is 154 Å². The Morgan fingerprint density at radius 3 is 2.92 bits per heavy atom. The molecule has 1 fully saturated rings. The van der Waals surface area contributed by atoms with Crippen LogP contribution in [0.5, 0.6) is 0 Å². The summed E-state index contributed by atoms with van der Waals surface area (Å²) in [4.78, 5) is 23.9. The summed E-state index contributed by atoms with van der Waals surface area (Å²) in [5.41, 5.74) is 3.43. The van der Waals surface area contributed by atoms with E-state index < -0.39 is 0 Å². The third-order valence-corrected chi connectivity index (χ3v) is 5.40. The van der Waals surface area contributed by atoms with Gasteiger partial charge in [0.15, 0.2) is 0 Å². The predicted octanol–water partition coefficient (Wildman–Crippen LogP) is 2.81. The molecule has 1 amide bonds. The van der Waals surface area contributed by atoms with Crippen LogP contribution < -0.4 is 5.32 Å². The Hall–Kier alpha value is -2.27. The molecular formula is C21H26N4O. The zero-order valence-electron chi connectivity index (χ0n) is 15.2. The molecule has 2 aliphatic rings. The molecule has 1 aromatic carbocycles. The van der Waals surface area contributed by atoms with E-state index in [1.165, 1.54) is 18.4 Å². The highest BCUT2D eigenvalue weighted by atomic mass is 16.2. The number of aryl methyl sites for hydroxylation is 1. The molecule has 1 atom stereocenters. The largest absolute Gasteiger partial charge is 0.338 e. The molecular weight excluding hydrogens is 324 g/mol. The van der Waals surface area contributed by atoms with Gasteiger partial charge in [-0.25, -0.2) is 9.97 Å². The molecule has 4 rings (SSSR count). The van der Waals surface area contributed by atoms with Gasteiger partial charge in [-0.05, 0) is 31.4 Å². The first-order chi connectivity index (χ1) is 12.8. The van der Waals surface area contributed by atoms with E-state index in [2.05, 4.69) is 22.4 Å². The molecule has 2 aromatic rings. The van der Waals surface area contributed by atoms with Crippen LogP contribution >= 0.6 is 0 Å². The fraction of sp³-hybridized carbons (Fsp3) is 0.476. The first-order valence-corrected chi connectivity index (χ1v) is 9.69. The summed E-state index contributed by atoms with van der Waals surface area (Å²) >= 11 is 0. The average Bonchev–Trinajstić information content (AvgIpc) is 2.72. The molecule has 1 N–H and O–H groups in total. The van der Waals surface area contributed by atoms with E-state index in [0.29, 0.717) is 19.0 Å². The highest BCUT2D eigenvalue weighted by molar-refractivity contribution is 5.76. The maximum absolute atomic E-state index is 12.6. The number of nitrogens with zero attached hydrogens (tertiary/aromatic N) is 3. The molecule has 0 aliphatic carbocycles. The third-order valence-electron chi connectivity index (χ3n) is 5.40. The fourth-order valence-electron chi connectivity index (χ4n) is 3.84. The van der Waals surface area contributed by atoms with Gasteiger partial charge >= 0.3 is 0 Å². The smallest absolute Gasteiger partial charge is 0.223 e. The summed E-state index contributed by atoms with van der Waals surface area (Å²) in [6, 6.07) is 10.5. The molecule has 0 bridgehead atoms. The van der Waals surface area contributed by atoms with Gasteiger partial charge in [0.25, 0.3) is 0 Å². The maximum atomic E-state index is 12.6. The average molecular weight is 350 g/mol. The highest BCUT2D eigenvalue weighted by Gasteiger charge is 2.24. The summed E-state index contributed by atoms with van der Waals surface area (Å²) < 4.78 is 0. The number of carbonyl (C=O) groups excluding carboxylic acids is 1. The van der Waals surface area contributed by atoms with E-state index in [0.717, 1.165) is 49.4 Å². The summed E-state index contributed by atoms with van der Waals surface area (Å²) in [5.74, 6) is 1.14. The summed E-state index contributed by atoms with van der Waals surface area (Å²) in [7, 11) is 0. The lowest BCUT2D eigenvalue weighted by Crippen LogP contribution is -2.37. The van der Waals surface area contributed by atoms with E-state index in [1.807, 2.05) is 29.3 Å². The van der Waals surface area contributed by atoms with Crippen molar-refractivity contribution in [3.05, 3.63) is 59.2 Å². The SMILES string of the molecule is O=C(CCc1ccccc1)N1CCc2nc(C3CCCCN3)ncc2C1. The lowest BCUT2D eigenvalue weighted by molar-refractivity contribution is -0.132. The maximum Gasteiger partial charge on any atom is 0.223 e. The lowest BCUT2D eigenvalue weighted by Gasteiger charge is -2.29. The van der Waals surface area contributed by atoms with E-state index >= 15 is 0 Å². The van der Waals surface area contributed by atoms with Crippen LogP contribution in [0.2, 0.25) is 0 Å². The Morgan fingerprint density at radius 2 is 2.12 bits per heavy atom.